The van der Waals surface area contributed by atoms with E-state index in [1.54, 1.807) is 13.2 Å². The highest BCUT2D eigenvalue weighted by molar-refractivity contribution is 7.16. The van der Waals surface area contributed by atoms with Gasteiger partial charge in [-0.3, -0.25) is 4.79 Å². The summed E-state index contributed by atoms with van der Waals surface area (Å²) in [5.41, 5.74) is 3.71. The third kappa shape index (κ3) is 5.08. The van der Waals surface area contributed by atoms with Crippen LogP contribution in [0.1, 0.15) is 21.5 Å². The van der Waals surface area contributed by atoms with Crippen molar-refractivity contribution in [2.24, 2.45) is 4.99 Å². The van der Waals surface area contributed by atoms with Crippen molar-refractivity contribution in [3.63, 3.8) is 0 Å². The normalized spacial score (nSPS) is 11.9. The highest BCUT2D eigenvalue weighted by Gasteiger charge is 2.13. The van der Waals surface area contributed by atoms with Gasteiger partial charge < -0.3 is 9.30 Å². The zero-order valence-electron chi connectivity index (χ0n) is 16.8. The van der Waals surface area contributed by atoms with Crippen molar-refractivity contribution in [2.75, 3.05) is 13.7 Å². The standard InChI is InChI=1S/C24H20Cl2N2O2S/c1-30-12-11-28-22-20(26)14-19(25)15-21(22)31-24(28)27-23(29)18-9-7-17(8-10-18)13-16-5-3-2-4-6-16/h2-10,14-15H,11-13H2,1H3. The van der Waals surface area contributed by atoms with Crippen molar-refractivity contribution in [3.05, 3.63) is 98.3 Å². The Balaban J connectivity index is 1.66. The summed E-state index contributed by atoms with van der Waals surface area (Å²) in [5, 5.41) is 1.07. The molecule has 31 heavy (non-hydrogen) atoms. The Morgan fingerprint density at radius 2 is 1.74 bits per heavy atom. The number of hydrogen-bond acceptors (Lipinski definition) is 3. The summed E-state index contributed by atoms with van der Waals surface area (Å²) in [6, 6.07) is 21.3. The molecule has 158 valence electrons. The summed E-state index contributed by atoms with van der Waals surface area (Å²) in [7, 11) is 1.63. The first-order valence-corrected chi connectivity index (χ1v) is 11.3. The van der Waals surface area contributed by atoms with Crippen LogP contribution in [-0.2, 0) is 17.7 Å². The highest BCUT2D eigenvalue weighted by atomic mass is 35.5. The summed E-state index contributed by atoms with van der Waals surface area (Å²) in [5.74, 6) is -0.300. The third-order valence-corrected chi connectivity index (χ3v) is 6.40. The second-order valence-electron chi connectivity index (χ2n) is 7.04. The average molecular weight is 471 g/mol. The zero-order chi connectivity index (χ0) is 21.8. The fourth-order valence-electron chi connectivity index (χ4n) is 3.35. The summed E-state index contributed by atoms with van der Waals surface area (Å²) < 4.78 is 8.00. The molecule has 0 bridgehead atoms. The molecule has 1 aromatic heterocycles. The Morgan fingerprint density at radius 1 is 1.03 bits per heavy atom. The predicted octanol–water partition coefficient (Wildman–Crippen LogP) is 5.99. The molecule has 1 amide bonds. The summed E-state index contributed by atoms with van der Waals surface area (Å²) in [6.45, 7) is 1.00. The van der Waals surface area contributed by atoms with E-state index in [0.29, 0.717) is 33.6 Å². The number of thiazole rings is 1. The summed E-state index contributed by atoms with van der Waals surface area (Å²) in [6.07, 6.45) is 0.818. The van der Waals surface area contributed by atoms with Gasteiger partial charge in [0.05, 0.1) is 21.8 Å². The Hall–Kier alpha value is -2.44. The molecule has 4 rings (SSSR count). The van der Waals surface area contributed by atoms with Crippen LogP contribution in [-0.4, -0.2) is 24.2 Å². The number of halogens is 2. The lowest BCUT2D eigenvalue weighted by atomic mass is 10.0. The van der Waals surface area contributed by atoms with E-state index in [1.165, 1.54) is 16.9 Å². The van der Waals surface area contributed by atoms with Gasteiger partial charge in [-0.1, -0.05) is 77.0 Å². The first kappa shape index (κ1) is 21.8. The van der Waals surface area contributed by atoms with E-state index in [4.69, 9.17) is 27.9 Å². The number of rotatable bonds is 6. The number of nitrogens with zero attached hydrogens (tertiary/aromatic N) is 2. The van der Waals surface area contributed by atoms with Crippen LogP contribution in [0.2, 0.25) is 10.0 Å². The molecule has 0 saturated carbocycles. The van der Waals surface area contributed by atoms with Crippen LogP contribution in [0, 0.1) is 0 Å². The topological polar surface area (TPSA) is 43.6 Å². The van der Waals surface area contributed by atoms with Crippen LogP contribution in [0.4, 0.5) is 0 Å². The van der Waals surface area contributed by atoms with Gasteiger partial charge in [-0.15, -0.1) is 0 Å². The minimum absolute atomic E-state index is 0.300. The smallest absolute Gasteiger partial charge is 0.279 e. The lowest BCUT2D eigenvalue weighted by Crippen LogP contribution is -2.19. The number of carbonyl (C=O) groups excluding carboxylic acids is 1. The van der Waals surface area contributed by atoms with E-state index in [9.17, 15) is 4.79 Å². The van der Waals surface area contributed by atoms with E-state index in [-0.39, 0.29) is 5.91 Å². The molecule has 0 aliphatic heterocycles. The van der Waals surface area contributed by atoms with Crippen molar-refractivity contribution in [1.29, 1.82) is 0 Å². The molecule has 0 fully saturated rings. The van der Waals surface area contributed by atoms with E-state index >= 15 is 0 Å². The van der Waals surface area contributed by atoms with Gasteiger partial charge in [0, 0.05) is 24.2 Å². The lowest BCUT2D eigenvalue weighted by molar-refractivity contribution is 0.0997. The number of amides is 1. The fourth-order valence-corrected chi connectivity index (χ4v) is 5.19. The molecule has 0 N–H and O–H groups in total. The predicted molar refractivity (Wildman–Crippen MR) is 127 cm³/mol. The van der Waals surface area contributed by atoms with Gasteiger partial charge in [0.15, 0.2) is 4.80 Å². The maximum Gasteiger partial charge on any atom is 0.279 e. The number of hydrogen-bond donors (Lipinski definition) is 0. The maximum absolute atomic E-state index is 12.9. The second-order valence-corrected chi connectivity index (χ2v) is 8.89. The molecule has 0 aliphatic carbocycles. The van der Waals surface area contributed by atoms with Crippen molar-refractivity contribution < 1.29 is 9.53 Å². The number of methoxy groups -OCH3 is 1. The fraction of sp³-hybridized carbons (Fsp3) is 0.167. The van der Waals surface area contributed by atoms with Gasteiger partial charge in [0.2, 0.25) is 0 Å². The Morgan fingerprint density at radius 3 is 2.45 bits per heavy atom. The van der Waals surface area contributed by atoms with E-state index in [0.717, 1.165) is 22.2 Å². The van der Waals surface area contributed by atoms with E-state index in [2.05, 4.69) is 17.1 Å². The van der Waals surface area contributed by atoms with Gasteiger partial charge in [-0.2, -0.15) is 4.99 Å². The molecular formula is C24H20Cl2N2O2S. The average Bonchev–Trinajstić information content (AvgIpc) is 3.10. The van der Waals surface area contributed by atoms with Crippen LogP contribution < -0.4 is 4.80 Å². The number of fused-ring (bicyclic) bond motifs is 1. The summed E-state index contributed by atoms with van der Waals surface area (Å²) >= 11 is 14.0. The molecule has 3 aromatic carbocycles. The Bertz CT molecular complexity index is 1280. The minimum Gasteiger partial charge on any atom is -0.383 e. The highest BCUT2D eigenvalue weighted by Crippen LogP contribution is 2.29. The lowest BCUT2D eigenvalue weighted by Gasteiger charge is -2.06. The molecule has 4 nitrogen and oxygen atoms in total. The molecule has 0 aliphatic rings. The number of carbonyl (C=O) groups is 1. The largest absolute Gasteiger partial charge is 0.383 e. The molecule has 0 radical (unpaired) electrons. The molecule has 0 unspecified atom stereocenters. The Labute approximate surface area is 194 Å². The first-order valence-electron chi connectivity index (χ1n) is 9.74. The van der Waals surface area contributed by atoms with Gasteiger partial charge in [-0.25, -0.2) is 0 Å². The van der Waals surface area contributed by atoms with Crippen molar-refractivity contribution in [2.45, 2.75) is 13.0 Å². The van der Waals surface area contributed by atoms with Crippen LogP contribution in [0.5, 0.6) is 0 Å². The van der Waals surface area contributed by atoms with Crippen molar-refractivity contribution in [1.82, 2.24) is 4.57 Å². The quantitative estimate of drug-likeness (QED) is 0.347. The first-order chi connectivity index (χ1) is 15.0. The van der Waals surface area contributed by atoms with Crippen LogP contribution in [0.15, 0.2) is 71.7 Å². The molecule has 0 spiro atoms. The number of ether oxygens (including phenoxy) is 1. The monoisotopic (exact) mass is 470 g/mol. The summed E-state index contributed by atoms with van der Waals surface area (Å²) in [4.78, 5) is 17.8. The number of aromatic nitrogens is 1. The van der Waals surface area contributed by atoms with E-state index < -0.39 is 0 Å². The van der Waals surface area contributed by atoms with E-state index in [1.807, 2.05) is 53.1 Å². The SMILES string of the molecule is COCCn1c(=NC(=O)c2ccc(Cc3ccccc3)cc2)sc2cc(Cl)cc(Cl)c21. The van der Waals surface area contributed by atoms with Gasteiger partial charge in [0.25, 0.3) is 5.91 Å². The zero-order valence-corrected chi connectivity index (χ0v) is 19.2. The van der Waals surface area contributed by atoms with Crippen LogP contribution in [0.3, 0.4) is 0 Å². The number of benzene rings is 3. The van der Waals surface area contributed by atoms with Crippen molar-refractivity contribution >= 4 is 50.7 Å². The minimum atomic E-state index is -0.300. The van der Waals surface area contributed by atoms with Gasteiger partial charge in [0.1, 0.15) is 0 Å². The molecule has 1 heterocycles. The third-order valence-electron chi connectivity index (χ3n) is 4.86. The van der Waals surface area contributed by atoms with Crippen LogP contribution in [0.25, 0.3) is 10.2 Å². The van der Waals surface area contributed by atoms with Gasteiger partial charge in [-0.05, 0) is 41.8 Å². The molecule has 4 aromatic rings. The molecule has 0 atom stereocenters. The van der Waals surface area contributed by atoms with Gasteiger partial charge >= 0.3 is 0 Å². The van der Waals surface area contributed by atoms with Crippen molar-refractivity contribution in [3.8, 4) is 0 Å². The second kappa shape index (κ2) is 9.79. The maximum atomic E-state index is 12.9. The molecular weight excluding hydrogens is 451 g/mol. The molecule has 0 saturated heterocycles. The Kier molecular flexibility index (Phi) is 6.88. The van der Waals surface area contributed by atoms with Crippen LogP contribution >= 0.6 is 34.5 Å². The molecule has 7 heteroatoms.